The van der Waals surface area contributed by atoms with Gasteiger partial charge in [0.15, 0.2) is 6.23 Å². The third kappa shape index (κ3) is 8.20. The molecule has 2 aromatic carbocycles. The zero-order valence-corrected chi connectivity index (χ0v) is 18.6. The predicted octanol–water partition coefficient (Wildman–Crippen LogP) is 5.00. The van der Waals surface area contributed by atoms with E-state index in [2.05, 4.69) is 19.2 Å². The van der Waals surface area contributed by atoms with Crippen molar-refractivity contribution < 1.29 is 19.0 Å². The molecular weight excluding hydrogens is 394 g/mol. The van der Waals surface area contributed by atoms with Crippen LogP contribution in [0.2, 0.25) is 0 Å². The summed E-state index contributed by atoms with van der Waals surface area (Å²) in [6, 6.07) is 12.6. The van der Waals surface area contributed by atoms with E-state index in [1.165, 1.54) is 6.92 Å². The van der Waals surface area contributed by atoms with Crippen LogP contribution in [-0.2, 0) is 9.53 Å². The molecule has 0 fully saturated rings. The van der Waals surface area contributed by atoms with Gasteiger partial charge in [-0.15, -0.1) is 0 Å². The molecule has 2 aromatic rings. The van der Waals surface area contributed by atoms with Gasteiger partial charge in [0.2, 0.25) is 0 Å². The van der Waals surface area contributed by atoms with Gasteiger partial charge in [-0.1, -0.05) is 26.7 Å². The van der Waals surface area contributed by atoms with Crippen molar-refractivity contribution in [1.29, 1.82) is 5.41 Å². The zero-order chi connectivity index (χ0) is 22.6. The molecule has 2 rings (SSSR count). The molecule has 1 atom stereocenters. The molecule has 168 valence electrons. The fourth-order valence-electron chi connectivity index (χ4n) is 2.82. The first kappa shape index (κ1) is 24.1. The smallest absolute Gasteiger partial charge is 0.304 e. The summed E-state index contributed by atoms with van der Waals surface area (Å²) in [6.45, 7) is 6.79. The molecule has 0 aromatic heterocycles. The van der Waals surface area contributed by atoms with Crippen molar-refractivity contribution >= 4 is 17.5 Å². The molecule has 0 radical (unpaired) electrons. The molecule has 0 aliphatic heterocycles. The lowest BCUT2D eigenvalue weighted by atomic mass is 10.1. The number of rotatable bonds is 13. The molecule has 1 unspecified atom stereocenters. The van der Waals surface area contributed by atoms with E-state index in [0.29, 0.717) is 35.8 Å². The number of ether oxygens (including phenoxy) is 3. The number of nitrogens with one attached hydrogen (secondary N) is 2. The maximum absolute atomic E-state index is 11.8. The van der Waals surface area contributed by atoms with Crippen LogP contribution in [0, 0.1) is 5.41 Å². The molecule has 0 saturated heterocycles. The van der Waals surface area contributed by atoms with Gasteiger partial charge in [-0.3, -0.25) is 10.2 Å². The highest BCUT2D eigenvalue weighted by atomic mass is 16.6. The van der Waals surface area contributed by atoms with Crippen molar-refractivity contribution in [3.05, 3.63) is 53.6 Å². The molecule has 7 nitrogen and oxygen atoms in total. The Hall–Kier alpha value is -3.22. The second-order valence-corrected chi connectivity index (χ2v) is 7.27. The summed E-state index contributed by atoms with van der Waals surface area (Å²) in [5, 5.41) is 10.7. The van der Waals surface area contributed by atoms with E-state index < -0.39 is 12.2 Å². The molecule has 0 heterocycles. The standard InChI is InChI=1S/C24H33N3O4/c1-4-6-12-29-21-14-19(15-22(16-21)30-13-7-5-2)24(31-17(3)28)27-20-10-8-18(9-11-20)23(25)26/h8-11,14-16,24,27H,4-7,12-13H2,1-3H3,(H3,25,26). The minimum Gasteiger partial charge on any atom is -0.493 e. The molecule has 31 heavy (non-hydrogen) atoms. The summed E-state index contributed by atoms with van der Waals surface area (Å²) in [6.07, 6.45) is 3.24. The van der Waals surface area contributed by atoms with Gasteiger partial charge in [-0.25, -0.2) is 0 Å². The third-order valence-electron chi connectivity index (χ3n) is 4.52. The van der Waals surface area contributed by atoms with E-state index >= 15 is 0 Å². The lowest BCUT2D eigenvalue weighted by Gasteiger charge is -2.22. The fraction of sp³-hybridized carbons (Fsp3) is 0.417. The number of esters is 1. The summed E-state index contributed by atoms with van der Waals surface area (Å²) in [4.78, 5) is 11.8. The molecule has 4 N–H and O–H groups in total. The Labute approximate surface area is 184 Å². The van der Waals surface area contributed by atoms with Crippen LogP contribution in [-0.4, -0.2) is 25.0 Å². The number of anilines is 1. The zero-order valence-electron chi connectivity index (χ0n) is 18.6. The van der Waals surface area contributed by atoms with E-state index in [0.717, 1.165) is 31.4 Å². The predicted molar refractivity (Wildman–Crippen MR) is 123 cm³/mol. The number of nitrogen functional groups attached to an aromatic ring is 1. The lowest BCUT2D eigenvalue weighted by Crippen LogP contribution is -2.18. The normalized spacial score (nSPS) is 11.5. The van der Waals surface area contributed by atoms with Crippen LogP contribution < -0.4 is 20.5 Å². The number of nitrogens with two attached hydrogens (primary N) is 1. The SMILES string of the molecule is CCCCOc1cc(OCCCC)cc(C(Nc2ccc(C(=N)N)cc2)OC(C)=O)c1. The number of amidine groups is 1. The maximum atomic E-state index is 11.8. The second-order valence-electron chi connectivity index (χ2n) is 7.27. The van der Waals surface area contributed by atoms with Crippen LogP contribution in [0.3, 0.4) is 0 Å². The van der Waals surface area contributed by atoms with Gasteiger partial charge < -0.3 is 25.3 Å². The van der Waals surface area contributed by atoms with Crippen molar-refractivity contribution in [2.45, 2.75) is 52.7 Å². The Bertz CT molecular complexity index is 824. The van der Waals surface area contributed by atoms with E-state index in [-0.39, 0.29) is 5.84 Å². The molecule has 0 saturated carbocycles. The van der Waals surface area contributed by atoms with Gasteiger partial charge >= 0.3 is 5.97 Å². The van der Waals surface area contributed by atoms with Gasteiger partial charge in [-0.2, -0.15) is 0 Å². The van der Waals surface area contributed by atoms with Crippen LogP contribution in [0.1, 0.15) is 63.8 Å². The van der Waals surface area contributed by atoms with E-state index in [1.54, 1.807) is 24.3 Å². The Kier molecular flexibility index (Phi) is 9.68. The van der Waals surface area contributed by atoms with Crippen LogP contribution in [0.25, 0.3) is 0 Å². The summed E-state index contributed by atoms with van der Waals surface area (Å²) < 4.78 is 17.3. The van der Waals surface area contributed by atoms with Crippen molar-refractivity contribution in [3.63, 3.8) is 0 Å². The van der Waals surface area contributed by atoms with Crippen molar-refractivity contribution in [1.82, 2.24) is 0 Å². The second kappa shape index (κ2) is 12.5. The van der Waals surface area contributed by atoms with E-state index in [9.17, 15) is 4.79 Å². The Balaban J connectivity index is 2.30. The lowest BCUT2D eigenvalue weighted by molar-refractivity contribution is -0.145. The number of hydrogen-bond acceptors (Lipinski definition) is 6. The average Bonchev–Trinajstić information content (AvgIpc) is 2.73. The van der Waals surface area contributed by atoms with Crippen LogP contribution in [0.4, 0.5) is 5.69 Å². The van der Waals surface area contributed by atoms with Crippen LogP contribution in [0.15, 0.2) is 42.5 Å². The minimum absolute atomic E-state index is 0.00566. The Morgan fingerprint density at radius 2 is 1.55 bits per heavy atom. The van der Waals surface area contributed by atoms with Gasteiger partial charge in [0.1, 0.15) is 17.3 Å². The maximum Gasteiger partial charge on any atom is 0.304 e. The van der Waals surface area contributed by atoms with Gasteiger partial charge in [0.05, 0.1) is 13.2 Å². The van der Waals surface area contributed by atoms with Gasteiger partial charge in [0, 0.05) is 29.8 Å². The molecular formula is C24H33N3O4. The average molecular weight is 428 g/mol. The molecule has 0 aliphatic carbocycles. The third-order valence-corrected chi connectivity index (χ3v) is 4.52. The first-order valence-electron chi connectivity index (χ1n) is 10.7. The number of hydrogen-bond donors (Lipinski definition) is 3. The van der Waals surface area contributed by atoms with E-state index in [1.807, 2.05) is 18.2 Å². The Morgan fingerprint density at radius 3 is 2.00 bits per heavy atom. The molecule has 0 bridgehead atoms. The first-order chi connectivity index (χ1) is 14.9. The van der Waals surface area contributed by atoms with Crippen molar-refractivity contribution in [2.75, 3.05) is 18.5 Å². The highest BCUT2D eigenvalue weighted by Crippen LogP contribution is 2.30. The summed E-state index contributed by atoms with van der Waals surface area (Å²) in [7, 11) is 0. The largest absolute Gasteiger partial charge is 0.493 e. The monoisotopic (exact) mass is 427 g/mol. The molecule has 0 amide bonds. The van der Waals surface area contributed by atoms with E-state index in [4.69, 9.17) is 25.4 Å². The summed E-state index contributed by atoms with van der Waals surface area (Å²) in [5.41, 5.74) is 7.58. The van der Waals surface area contributed by atoms with Crippen molar-refractivity contribution in [3.8, 4) is 11.5 Å². The highest BCUT2D eigenvalue weighted by molar-refractivity contribution is 5.95. The molecule has 7 heteroatoms. The van der Waals surface area contributed by atoms with Gasteiger partial charge in [-0.05, 0) is 49.2 Å². The van der Waals surface area contributed by atoms with Gasteiger partial charge in [0.25, 0.3) is 0 Å². The highest BCUT2D eigenvalue weighted by Gasteiger charge is 2.18. The number of benzene rings is 2. The number of unbranched alkanes of at least 4 members (excludes halogenated alkanes) is 2. The summed E-state index contributed by atoms with van der Waals surface area (Å²) >= 11 is 0. The van der Waals surface area contributed by atoms with Crippen LogP contribution in [0.5, 0.6) is 11.5 Å². The van der Waals surface area contributed by atoms with Crippen LogP contribution >= 0.6 is 0 Å². The Morgan fingerprint density at radius 1 is 1.00 bits per heavy atom. The quantitative estimate of drug-likeness (QED) is 0.136. The minimum atomic E-state index is -0.732. The number of carbonyl (C=O) groups excluding carboxylic acids is 1. The fourth-order valence-corrected chi connectivity index (χ4v) is 2.82. The summed E-state index contributed by atoms with van der Waals surface area (Å²) in [5.74, 6) is 0.921. The molecule has 0 spiro atoms. The van der Waals surface area contributed by atoms with Crippen molar-refractivity contribution in [2.24, 2.45) is 5.73 Å². The molecule has 0 aliphatic rings. The first-order valence-corrected chi connectivity index (χ1v) is 10.7. The topological polar surface area (TPSA) is 107 Å². The number of carbonyl (C=O) groups is 1.